The second kappa shape index (κ2) is 2.60. The number of alkyl halides is 1. The van der Waals surface area contributed by atoms with Crippen LogP contribution in [0.3, 0.4) is 0 Å². The maximum Gasteiger partial charge on any atom is 0.292 e. The molecule has 2 aliphatic heterocycles. The number of fused-ring (bicyclic) bond motifs is 2. The van der Waals surface area contributed by atoms with Crippen LogP contribution in [0.15, 0.2) is 0 Å². The third-order valence-electron chi connectivity index (χ3n) is 2.89. The van der Waals surface area contributed by atoms with Crippen LogP contribution in [0.4, 0.5) is 19.4 Å². The van der Waals surface area contributed by atoms with Gasteiger partial charge in [-0.05, 0) is 6.42 Å². The first-order valence-electron chi connectivity index (χ1n) is 4.36. The maximum absolute atomic E-state index is 12.7. The van der Waals surface area contributed by atoms with Crippen LogP contribution in [0, 0.1) is 17.2 Å². The van der Waals surface area contributed by atoms with Gasteiger partial charge in [0.25, 0.3) is 10.2 Å². The van der Waals surface area contributed by atoms with E-state index >= 15 is 0 Å². The molecule has 0 radical (unpaired) electrons. The van der Waals surface area contributed by atoms with Crippen LogP contribution in [0.5, 0.6) is 0 Å². The van der Waals surface area contributed by atoms with Gasteiger partial charge in [0.05, 0.1) is 29.6 Å². The van der Waals surface area contributed by atoms with Crippen molar-refractivity contribution in [3.8, 4) is 6.07 Å². The normalized spacial score (nSPS) is 47.2. The zero-order valence-electron chi connectivity index (χ0n) is 7.63. The predicted molar refractivity (Wildman–Crippen MR) is 48.9 cm³/mol. The smallest absolute Gasteiger partial charge is 0.292 e. The molecule has 5 unspecified atom stereocenters. The van der Waals surface area contributed by atoms with E-state index in [4.69, 9.17) is 21.6 Å². The summed E-state index contributed by atoms with van der Waals surface area (Å²) in [6.45, 7) is 0. The first-order chi connectivity index (χ1) is 6.94. The standard InChI is InChI=1S/C7H7ClF5NOS/c8-5-4-1-3(2-14)6(15-4)7(5)16(9,10,11,12)13/h3-7H,1H2. The van der Waals surface area contributed by atoms with Crippen molar-refractivity contribution in [3.05, 3.63) is 0 Å². The fraction of sp³-hybridized carbons (Fsp3) is 0.857. The molecule has 2 rings (SSSR count). The Bertz CT molecular complexity index is 377. The molecule has 2 heterocycles. The number of nitrogens with zero attached hydrogens (tertiary/aromatic N) is 1. The van der Waals surface area contributed by atoms with Gasteiger partial charge in [0.1, 0.15) is 5.25 Å². The van der Waals surface area contributed by atoms with Gasteiger partial charge in [-0.2, -0.15) is 5.26 Å². The van der Waals surface area contributed by atoms with E-state index in [1.54, 1.807) is 6.07 Å². The number of halogens is 6. The minimum Gasteiger partial charge on any atom is -0.370 e. The summed E-state index contributed by atoms with van der Waals surface area (Å²) in [7, 11) is -9.72. The van der Waals surface area contributed by atoms with Gasteiger partial charge in [0.15, 0.2) is 0 Å². The van der Waals surface area contributed by atoms with E-state index in [9.17, 15) is 19.4 Å². The Morgan fingerprint density at radius 3 is 2.19 bits per heavy atom. The number of rotatable bonds is 1. The average Bonchev–Trinajstić information content (AvgIpc) is 2.55. The SMILES string of the molecule is N#CC1CC2OC1C(S(F)(F)(F)(F)F)C2Cl. The highest BCUT2D eigenvalue weighted by Crippen LogP contribution is 3.02. The van der Waals surface area contributed by atoms with Crippen molar-refractivity contribution >= 4 is 21.8 Å². The molecule has 0 aromatic carbocycles. The summed E-state index contributed by atoms with van der Waals surface area (Å²) < 4.78 is 68.1. The van der Waals surface area contributed by atoms with Crippen molar-refractivity contribution in [3.63, 3.8) is 0 Å². The number of ether oxygens (including phenoxy) is 1. The summed E-state index contributed by atoms with van der Waals surface area (Å²) in [4.78, 5) is 0. The van der Waals surface area contributed by atoms with Crippen LogP contribution in [-0.2, 0) is 4.74 Å². The van der Waals surface area contributed by atoms with Crippen molar-refractivity contribution < 1.29 is 24.2 Å². The molecule has 0 saturated carbocycles. The summed E-state index contributed by atoms with van der Waals surface area (Å²) in [6.07, 6.45) is -2.95. The van der Waals surface area contributed by atoms with Gasteiger partial charge < -0.3 is 4.74 Å². The third kappa shape index (κ3) is 1.75. The number of hydrogen-bond donors (Lipinski definition) is 0. The zero-order chi connectivity index (χ0) is 12.4. The van der Waals surface area contributed by atoms with Gasteiger partial charge >= 0.3 is 0 Å². The highest BCUT2D eigenvalue weighted by Gasteiger charge is 2.79. The number of hydrogen-bond acceptors (Lipinski definition) is 2. The summed E-state index contributed by atoms with van der Waals surface area (Å²) in [5.41, 5.74) is 0. The molecular formula is C7H7ClF5NOS. The first-order valence-corrected chi connectivity index (χ1v) is 6.81. The second-order valence-electron chi connectivity index (χ2n) is 4.05. The van der Waals surface area contributed by atoms with Crippen molar-refractivity contribution in [1.29, 1.82) is 5.26 Å². The zero-order valence-corrected chi connectivity index (χ0v) is 9.20. The van der Waals surface area contributed by atoms with Crippen LogP contribution in [-0.4, -0.2) is 22.8 Å². The van der Waals surface area contributed by atoms with E-state index in [0.29, 0.717) is 0 Å². The monoisotopic (exact) mass is 283 g/mol. The molecule has 0 amide bonds. The molecule has 16 heavy (non-hydrogen) atoms. The molecule has 0 aromatic rings. The maximum atomic E-state index is 12.7. The van der Waals surface area contributed by atoms with E-state index in [1.807, 2.05) is 0 Å². The Morgan fingerprint density at radius 2 is 1.81 bits per heavy atom. The lowest BCUT2D eigenvalue weighted by Crippen LogP contribution is -2.45. The van der Waals surface area contributed by atoms with E-state index in [2.05, 4.69) is 0 Å². The molecular weight excluding hydrogens is 277 g/mol. The van der Waals surface area contributed by atoms with Gasteiger partial charge in [-0.25, -0.2) is 0 Å². The third-order valence-corrected chi connectivity index (χ3v) is 5.18. The Morgan fingerprint density at radius 1 is 1.25 bits per heavy atom. The highest BCUT2D eigenvalue weighted by molar-refractivity contribution is 8.46. The van der Waals surface area contributed by atoms with Crippen LogP contribution >= 0.6 is 21.8 Å². The molecule has 2 fully saturated rings. The largest absolute Gasteiger partial charge is 0.370 e. The summed E-state index contributed by atoms with van der Waals surface area (Å²) in [5, 5.41) is 3.74. The van der Waals surface area contributed by atoms with Gasteiger partial charge in [0, 0.05) is 0 Å². The van der Waals surface area contributed by atoms with Gasteiger partial charge in [-0.3, -0.25) is 0 Å². The van der Waals surface area contributed by atoms with E-state index in [-0.39, 0.29) is 6.42 Å². The lowest BCUT2D eigenvalue weighted by molar-refractivity contribution is 0.0963. The van der Waals surface area contributed by atoms with Crippen molar-refractivity contribution in [1.82, 2.24) is 0 Å². The Hall–Kier alpha value is -0.260. The van der Waals surface area contributed by atoms with E-state index in [1.165, 1.54) is 0 Å². The van der Waals surface area contributed by atoms with Crippen molar-refractivity contribution in [2.75, 3.05) is 0 Å². The van der Waals surface area contributed by atoms with Crippen LogP contribution in [0.1, 0.15) is 6.42 Å². The van der Waals surface area contributed by atoms with Crippen LogP contribution in [0.25, 0.3) is 0 Å². The van der Waals surface area contributed by atoms with E-state index in [0.717, 1.165) is 0 Å². The molecule has 2 nitrogen and oxygen atoms in total. The Balaban J connectivity index is 2.42. The lowest BCUT2D eigenvalue weighted by Gasteiger charge is -2.49. The fourth-order valence-corrected chi connectivity index (χ4v) is 4.58. The van der Waals surface area contributed by atoms with Crippen LogP contribution < -0.4 is 0 Å². The highest BCUT2D eigenvalue weighted by atomic mass is 35.5. The minimum atomic E-state index is -9.72. The molecule has 94 valence electrons. The molecule has 2 aliphatic rings. The second-order valence-corrected chi connectivity index (χ2v) is 7.15. The van der Waals surface area contributed by atoms with Gasteiger partial charge in [0.2, 0.25) is 0 Å². The summed E-state index contributed by atoms with van der Waals surface area (Å²) >= 11 is 5.36. The van der Waals surface area contributed by atoms with Gasteiger partial charge in [-0.15, -0.1) is 11.6 Å². The molecule has 9 heteroatoms. The first kappa shape index (κ1) is 12.2. The Kier molecular flexibility index (Phi) is 1.98. The quantitative estimate of drug-likeness (QED) is 0.544. The van der Waals surface area contributed by atoms with Crippen molar-refractivity contribution in [2.45, 2.75) is 29.3 Å². The molecule has 2 saturated heterocycles. The molecule has 0 N–H and O–H groups in total. The Labute approximate surface area is 93.0 Å². The average molecular weight is 284 g/mol. The predicted octanol–water partition coefficient (Wildman–Crippen LogP) is 3.57. The molecule has 0 spiro atoms. The van der Waals surface area contributed by atoms with Crippen LogP contribution in [0.2, 0.25) is 0 Å². The summed E-state index contributed by atoms with van der Waals surface area (Å²) in [6, 6.07) is 1.55. The van der Waals surface area contributed by atoms with E-state index < -0.39 is 39.0 Å². The van der Waals surface area contributed by atoms with Gasteiger partial charge in [-0.1, -0.05) is 19.4 Å². The molecule has 2 bridgehead atoms. The fourth-order valence-electron chi connectivity index (χ4n) is 2.27. The topological polar surface area (TPSA) is 33.0 Å². The number of nitriles is 1. The summed E-state index contributed by atoms with van der Waals surface area (Å²) in [5.74, 6) is -1.16. The molecule has 0 aliphatic carbocycles. The minimum absolute atomic E-state index is 0.0142. The lowest BCUT2D eigenvalue weighted by atomic mass is 9.90. The molecule has 0 aromatic heterocycles. The van der Waals surface area contributed by atoms with Crippen molar-refractivity contribution in [2.24, 2.45) is 5.92 Å². The molecule has 5 atom stereocenters.